The minimum Gasteiger partial charge on any atom is -0.364 e. The lowest BCUT2D eigenvalue weighted by molar-refractivity contribution is -0.127. The van der Waals surface area contributed by atoms with Gasteiger partial charge < -0.3 is 20.4 Å². The summed E-state index contributed by atoms with van der Waals surface area (Å²) in [5.74, 6) is -0.471. The summed E-state index contributed by atoms with van der Waals surface area (Å²) >= 11 is 0. The summed E-state index contributed by atoms with van der Waals surface area (Å²) in [7, 11) is 0. The molecule has 0 radical (unpaired) electrons. The van der Waals surface area contributed by atoms with Crippen molar-refractivity contribution < 1.29 is 19.2 Å². The van der Waals surface area contributed by atoms with Gasteiger partial charge in [-0.1, -0.05) is 89.4 Å². The molecule has 1 aliphatic heterocycles. The highest BCUT2D eigenvalue weighted by Gasteiger charge is 2.39. The average molecular weight is 561 g/mol. The van der Waals surface area contributed by atoms with Gasteiger partial charge in [0.2, 0.25) is 0 Å². The third kappa shape index (κ3) is 7.54. The lowest BCUT2D eigenvalue weighted by Crippen LogP contribution is -2.58. The molecule has 1 heterocycles. The molecular formula is C33H44N4O4. The molecule has 4 rings (SSSR count). The minimum absolute atomic E-state index is 0.0635. The second kappa shape index (κ2) is 13.3. The number of fused-ring (bicyclic) bond motifs is 1. The Labute approximate surface area is 243 Å². The quantitative estimate of drug-likeness (QED) is 0.448. The number of nitrogens with one attached hydrogen (secondary N) is 2. The van der Waals surface area contributed by atoms with E-state index in [1.807, 2.05) is 75.4 Å². The Morgan fingerprint density at radius 1 is 0.927 bits per heavy atom. The maximum atomic E-state index is 14.1. The van der Waals surface area contributed by atoms with Crippen LogP contribution in [0.3, 0.4) is 0 Å². The number of anilines is 2. The molecule has 8 heteroatoms. The van der Waals surface area contributed by atoms with Gasteiger partial charge >= 0.3 is 6.03 Å². The molecule has 1 unspecified atom stereocenters. The molecule has 0 bridgehead atoms. The van der Waals surface area contributed by atoms with Gasteiger partial charge in [-0.05, 0) is 37.0 Å². The maximum Gasteiger partial charge on any atom is 0.316 e. The van der Waals surface area contributed by atoms with Gasteiger partial charge in [0.1, 0.15) is 6.04 Å². The van der Waals surface area contributed by atoms with E-state index in [0.29, 0.717) is 18.7 Å². The van der Waals surface area contributed by atoms with Crippen LogP contribution >= 0.6 is 0 Å². The number of urea groups is 1. The first kappa shape index (κ1) is 30.3. The Morgan fingerprint density at radius 2 is 1.56 bits per heavy atom. The zero-order valence-corrected chi connectivity index (χ0v) is 24.8. The Kier molecular flexibility index (Phi) is 9.84. The Hall–Kier alpha value is -3.68. The number of carbonyl (C=O) groups excluding carboxylic acids is 4. The summed E-state index contributed by atoms with van der Waals surface area (Å²) in [6.07, 6.45) is 6.08. The molecule has 41 heavy (non-hydrogen) atoms. The van der Waals surface area contributed by atoms with Gasteiger partial charge in [0, 0.05) is 24.4 Å². The molecule has 2 N–H and O–H groups in total. The van der Waals surface area contributed by atoms with E-state index < -0.39 is 23.5 Å². The number of para-hydroxylation sites is 2. The molecule has 1 fully saturated rings. The summed E-state index contributed by atoms with van der Waals surface area (Å²) in [5, 5.41) is 5.75. The van der Waals surface area contributed by atoms with Crippen LogP contribution in [0.4, 0.5) is 16.2 Å². The zero-order valence-electron chi connectivity index (χ0n) is 24.8. The molecule has 8 nitrogen and oxygen atoms in total. The van der Waals surface area contributed by atoms with E-state index in [9.17, 15) is 19.2 Å². The van der Waals surface area contributed by atoms with E-state index in [0.717, 1.165) is 36.9 Å². The number of amides is 3. The molecule has 2 aromatic carbocycles. The number of ketones is 2. The van der Waals surface area contributed by atoms with Gasteiger partial charge in [-0.15, -0.1) is 0 Å². The van der Waals surface area contributed by atoms with Gasteiger partial charge in [-0.25, -0.2) is 4.79 Å². The van der Waals surface area contributed by atoms with Crippen molar-refractivity contribution in [2.24, 2.45) is 5.41 Å². The topological polar surface area (TPSA) is 98.8 Å². The van der Waals surface area contributed by atoms with Crippen molar-refractivity contribution in [3.05, 3.63) is 60.2 Å². The lowest BCUT2D eigenvalue weighted by Gasteiger charge is -2.37. The van der Waals surface area contributed by atoms with Crippen molar-refractivity contribution in [3.63, 3.8) is 0 Å². The standard InChI is InChI=1S/C33H44N4O4/c1-5-29(38)25(20-23-14-8-6-9-15-23)34-32(41)35-26-21-36(24-16-10-7-11-17-24)27-18-12-13-19-28(27)37(31(26)40)22-30(39)33(2,3)4/h6,8-9,12-15,18-19,24-26H,5,7,10-11,16-17,20-22H2,1-4H3,(H2,34,35,41)/t25?,26-/m1/s1. The number of rotatable bonds is 9. The van der Waals surface area contributed by atoms with Crippen LogP contribution < -0.4 is 20.4 Å². The van der Waals surface area contributed by atoms with E-state index >= 15 is 0 Å². The third-order valence-corrected chi connectivity index (χ3v) is 8.21. The van der Waals surface area contributed by atoms with Crippen molar-refractivity contribution in [1.29, 1.82) is 0 Å². The molecule has 0 saturated heterocycles. The monoisotopic (exact) mass is 560 g/mol. The van der Waals surface area contributed by atoms with Gasteiger partial charge in [0.15, 0.2) is 11.6 Å². The third-order valence-electron chi connectivity index (χ3n) is 8.21. The Morgan fingerprint density at radius 3 is 2.20 bits per heavy atom. The van der Waals surface area contributed by atoms with Gasteiger partial charge in [-0.3, -0.25) is 14.4 Å². The predicted octanol–water partition coefficient (Wildman–Crippen LogP) is 5.05. The summed E-state index contributed by atoms with van der Waals surface area (Å²) in [5.41, 5.74) is 1.91. The Balaban J connectivity index is 1.63. The maximum absolute atomic E-state index is 14.1. The normalized spacial score (nSPS) is 18.7. The zero-order chi connectivity index (χ0) is 29.6. The van der Waals surface area contributed by atoms with E-state index in [4.69, 9.17) is 0 Å². The largest absolute Gasteiger partial charge is 0.364 e. The van der Waals surface area contributed by atoms with E-state index in [1.54, 1.807) is 6.92 Å². The fourth-order valence-corrected chi connectivity index (χ4v) is 5.70. The van der Waals surface area contributed by atoms with Crippen LogP contribution in [0.2, 0.25) is 0 Å². The number of nitrogens with zero attached hydrogens (tertiary/aromatic N) is 2. The second-order valence-corrected chi connectivity index (χ2v) is 12.3. The first-order valence-electron chi connectivity index (χ1n) is 14.9. The molecular weight excluding hydrogens is 516 g/mol. The smallest absolute Gasteiger partial charge is 0.316 e. The summed E-state index contributed by atoms with van der Waals surface area (Å²) in [6.45, 7) is 7.52. The van der Waals surface area contributed by atoms with Crippen LogP contribution in [0.1, 0.15) is 71.8 Å². The van der Waals surface area contributed by atoms with Crippen molar-refractivity contribution in [2.45, 2.75) is 90.8 Å². The SMILES string of the molecule is CCC(=O)C(Cc1ccccc1)NC(=O)N[C@@H]1CN(C2CCCCC2)c2ccccc2N(CC(=O)C(C)(C)C)C1=O. The fraction of sp³-hybridized carbons (Fsp3) is 0.515. The first-order chi connectivity index (χ1) is 19.6. The predicted molar refractivity (Wildman–Crippen MR) is 162 cm³/mol. The molecule has 1 saturated carbocycles. The van der Waals surface area contributed by atoms with Gasteiger partial charge in [0.05, 0.1) is 24.0 Å². The lowest BCUT2D eigenvalue weighted by atomic mass is 9.90. The number of Topliss-reactive ketones (excluding diaryl/α,β-unsaturated/α-hetero) is 2. The summed E-state index contributed by atoms with van der Waals surface area (Å²) in [4.78, 5) is 57.3. The van der Waals surface area contributed by atoms with Crippen LogP contribution in [0, 0.1) is 5.41 Å². The van der Waals surface area contributed by atoms with Crippen molar-refractivity contribution in [3.8, 4) is 0 Å². The number of carbonyl (C=O) groups is 4. The van der Waals surface area contributed by atoms with Gasteiger partial charge in [-0.2, -0.15) is 0 Å². The van der Waals surface area contributed by atoms with Crippen molar-refractivity contribution in [2.75, 3.05) is 22.9 Å². The van der Waals surface area contributed by atoms with Crippen molar-refractivity contribution >= 4 is 34.9 Å². The van der Waals surface area contributed by atoms with Crippen LogP contribution in [-0.4, -0.2) is 54.7 Å². The molecule has 0 spiro atoms. The first-order valence-corrected chi connectivity index (χ1v) is 14.9. The highest BCUT2D eigenvalue weighted by atomic mass is 16.2. The highest BCUT2D eigenvalue weighted by molar-refractivity contribution is 6.07. The number of hydrogen-bond acceptors (Lipinski definition) is 5. The van der Waals surface area contributed by atoms with Crippen molar-refractivity contribution in [1.82, 2.24) is 10.6 Å². The number of hydrogen-bond donors (Lipinski definition) is 2. The van der Waals surface area contributed by atoms with E-state index in [2.05, 4.69) is 15.5 Å². The molecule has 220 valence electrons. The molecule has 3 amide bonds. The van der Waals surface area contributed by atoms with E-state index in [1.165, 1.54) is 11.3 Å². The molecule has 2 atom stereocenters. The van der Waals surface area contributed by atoms with Crippen LogP contribution in [0.25, 0.3) is 0 Å². The Bertz CT molecular complexity index is 1230. The van der Waals surface area contributed by atoms with E-state index in [-0.39, 0.29) is 36.5 Å². The van der Waals surface area contributed by atoms with Crippen LogP contribution in [0.5, 0.6) is 0 Å². The summed E-state index contributed by atoms with van der Waals surface area (Å²) < 4.78 is 0. The summed E-state index contributed by atoms with van der Waals surface area (Å²) in [6, 6.07) is 15.3. The molecule has 2 aliphatic rings. The minimum atomic E-state index is -0.897. The molecule has 1 aliphatic carbocycles. The fourth-order valence-electron chi connectivity index (χ4n) is 5.70. The van der Waals surface area contributed by atoms with Gasteiger partial charge in [0.25, 0.3) is 5.91 Å². The average Bonchev–Trinajstić information content (AvgIpc) is 3.07. The van der Waals surface area contributed by atoms with Crippen LogP contribution in [-0.2, 0) is 20.8 Å². The highest BCUT2D eigenvalue weighted by Crippen LogP contribution is 2.37. The molecule has 0 aromatic heterocycles. The number of benzene rings is 2. The van der Waals surface area contributed by atoms with Crippen LogP contribution in [0.15, 0.2) is 54.6 Å². The molecule has 2 aromatic rings. The second-order valence-electron chi connectivity index (χ2n) is 12.3.